The van der Waals surface area contributed by atoms with E-state index >= 15 is 0 Å². The summed E-state index contributed by atoms with van der Waals surface area (Å²) in [6.07, 6.45) is 2.82. The molecule has 1 saturated heterocycles. The third-order valence-electron chi connectivity index (χ3n) is 3.67. The predicted octanol–water partition coefficient (Wildman–Crippen LogP) is 0.589. The molecule has 0 aromatic rings. The fourth-order valence-electron chi connectivity index (χ4n) is 2.45. The average molecular weight is 306 g/mol. The Morgan fingerprint density at radius 1 is 1.50 bits per heavy atom. The molecule has 20 heavy (non-hydrogen) atoms. The monoisotopic (exact) mass is 306 g/mol. The molecule has 1 aliphatic heterocycles. The first-order chi connectivity index (χ1) is 9.43. The minimum Gasteiger partial charge on any atom is -0.468 e. The number of carbonyl (C=O) groups is 1. The highest BCUT2D eigenvalue weighted by molar-refractivity contribution is 7.90. The number of methoxy groups -OCH3 is 1. The van der Waals surface area contributed by atoms with Crippen molar-refractivity contribution in [3.8, 4) is 0 Å². The third kappa shape index (κ3) is 4.43. The maximum absolute atomic E-state index is 12.5. The molecule has 6 nitrogen and oxygen atoms in total. The number of ether oxygens (including phenoxy) is 1. The van der Waals surface area contributed by atoms with Crippen molar-refractivity contribution in [3.63, 3.8) is 0 Å². The minimum atomic E-state index is -3.64. The van der Waals surface area contributed by atoms with Crippen LogP contribution in [0.5, 0.6) is 0 Å². The van der Waals surface area contributed by atoms with Crippen LogP contribution >= 0.6 is 0 Å². The quantitative estimate of drug-likeness (QED) is 0.697. The van der Waals surface area contributed by atoms with Gasteiger partial charge in [-0.05, 0) is 45.2 Å². The minimum absolute atomic E-state index is 0.315. The van der Waals surface area contributed by atoms with Gasteiger partial charge >= 0.3 is 5.97 Å². The first-order valence-corrected chi connectivity index (χ1v) is 8.71. The maximum Gasteiger partial charge on any atom is 0.325 e. The van der Waals surface area contributed by atoms with Crippen molar-refractivity contribution in [1.82, 2.24) is 9.62 Å². The molecule has 0 aromatic carbocycles. The lowest BCUT2D eigenvalue weighted by atomic mass is 10.00. The normalized spacial score (nSPS) is 21.7. The molecule has 0 radical (unpaired) electrons. The second-order valence-corrected chi connectivity index (χ2v) is 7.53. The Balaban J connectivity index is 2.79. The molecular weight excluding hydrogens is 280 g/mol. The molecule has 1 rings (SSSR count). The van der Waals surface area contributed by atoms with Crippen LogP contribution in [0.3, 0.4) is 0 Å². The maximum atomic E-state index is 12.5. The summed E-state index contributed by atoms with van der Waals surface area (Å²) in [4.78, 5) is 11.5. The Kier molecular flexibility index (Phi) is 6.91. The lowest BCUT2D eigenvalue weighted by molar-refractivity contribution is -0.139. The molecule has 0 aliphatic carbocycles. The van der Waals surface area contributed by atoms with E-state index in [2.05, 4.69) is 10.1 Å². The van der Waals surface area contributed by atoms with Crippen LogP contribution in [0.25, 0.3) is 0 Å². The van der Waals surface area contributed by atoms with E-state index in [1.54, 1.807) is 0 Å². The molecule has 0 spiro atoms. The molecule has 2 atom stereocenters. The zero-order valence-electron chi connectivity index (χ0n) is 12.6. The van der Waals surface area contributed by atoms with Crippen LogP contribution in [0.2, 0.25) is 0 Å². The van der Waals surface area contributed by atoms with Gasteiger partial charge in [-0.15, -0.1) is 0 Å². The second-order valence-electron chi connectivity index (χ2n) is 5.28. The summed E-state index contributed by atoms with van der Waals surface area (Å²) in [5.74, 6) is -0.386. The lowest BCUT2D eigenvalue weighted by Crippen LogP contribution is -2.46. The van der Waals surface area contributed by atoms with Gasteiger partial charge in [-0.25, -0.2) is 12.7 Å². The topological polar surface area (TPSA) is 75.7 Å². The number of rotatable bonds is 7. The molecular formula is C13H26N2O4S. The summed E-state index contributed by atoms with van der Waals surface area (Å²) in [6.45, 7) is 6.08. The Labute approximate surface area is 121 Å². The molecule has 0 bridgehead atoms. The van der Waals surface area contributed by atoms with Crippen LogP contribution in [0.1, 0.15) is 33.1 Å². The second kappa shape index (κ2) is 7.95. The number of hydrogen-bond acceptors (Lipinski definition) is 5. The highest BCUT2D eigenvalue weighted by Crippen LogP contribution is 2.17. The van der Waals surface area contributed by atoms with E-state index < -0.39 is 21.2 Å². The Morgan fingerprint density at radius 2 is 2.20 bits per heavy atom. The summed E-state index contributed by atoms with van der Waals surface area (Å²) >= 11 is 0. The van der Waals surface area contributed by atoms with Crippen molar-refractivity contribution in [3.05, 3.63) is 0 Å². The first kappa shape index (κ1) is 17.4. The molecule has 1 aliphatic rings. The number of nitrogens with zero attached hydrogens (tertiary/aromatic N) is 1. The van der Waals surface area contributed by atoms with Crippen molar-refractivity contribution in [2.24, 2.45) is 5.92 Å². The van der Waals surface area contributed by atoms with Crippen LogP contribution in [0.15, 0.2) is 0 Å². The standard InChI is InChI=1S/C13H26N2O4S/c1-4-8-15(10-12-6-5-7-14-9-12)20(17,18)11(2)13(16)19-3/h11-12,14H,4-10H2,1-3H3. The van der Waals surface area contributed by atoms with Crippen molar-refractivity contribution >= 4 is 16.0 Å². The summed E-state index contributed by atoms with van der Waals surface area (Å²) in [5, 5.41) is 2.14. The van der Waals surface area contributed by atoms with E-state index in [-0.39, 0.29) is 0 Å². The van der Waals surface area contributed by atoms with E-state index in [4.69, 9.17) is 0 Å². The largest absolute Gasteiger partial charge is 0.468 e. The van der Waals surface area contributed by atoms with Crippen LogP contribution in [-0.4, -0.2) is 57.2 Å². The summed E-state index contributed by atoms with van der Waals surface area (Å²) in [6, 6.07) is 0. The molecule has 7 heteroatoms. The number of sulfonamides is 1. The fraction of sp³-hybridized carbons (Fsp3) is 0.923. The van der Waals surface area contributed by atoms with Gasteiger partial charge in [-0.3, -0.25) is 4.79 Å². The Bertz CT molecular complexity index is 405. The van der Waals surface area contributed by atoms with Crippen molar-refractivity contribution in [1.29, 1.82) is 0 Å². The van der Waals surface area contributed by atoms with Crippen molar-refractivity contribution in [2.45, 2.75) is 38.4 Å². The van der Waals surface area contributed by atoms with Crippen LogP contribution in [0, 0.1) is 5.92 Å². The zero-order valence-corrected chi connectivity index (χ0v) is 13.4. The van der Waals surface area contributed by atoms with Crippen molar-refractivity contribution in [2.75, 3.05) is 33.3 Å². The van der Waals surface area contributed by atoms with Crippen molar-refractivity contribution < 1.29 is 17.9 Å². The van der Waals surface area contributed by atoms with Crippen LogP contribution < -0.4 is 5.32 Å². The van der Waals surface area contributed by atoms with Gasteiger partial charge in [0.15, 0.2) is 5.25 Å². The molecule has 1 N–H and O–H groups in total. The van der Waals surface area contributed by atoms with E-state index in [0.717, 1.165) is 32.4 Å². The number of piperidine rings is 1. The summed E-state index contributed by atoms with van der Waals surface area (Å²) < 4.78 is 31.0. The zero-order chi connectivity index (χ0) is 15.2. The molecule has 118 valence electrons. The van der Waals surface area contributed by atoms with E-state index in [1.165, 1.54) is 18.3 Å². The van der Waals surface area contributed by atoms with Gasteiger partial charge in [0.1, 0.15) is 0 Å². The summed E-state index contributed by atoms with van der Waals surface area (Å²) in [7, 11) is -2.43. The highest BCUT2D eigenvalue weighted by atomic mass is 32.2. The first-order valence-electron chi connectivity index (χ1n) is 7.21. The lowest BCUT2D eigenvalue weighted by Gasteiger charge is -2.30. The van der Waals surface area contributed by atoms with Gasteiger partial charge < -0.3 is 10.1 Å². The smallest absolute Gasteiger partial charge is 0.325 e. The van der Waals surface area contributed by atoms with Gasteiger partial charge in [0, 0.05) is 13.1 Å². The highest BCUT2D eigenvalue weighted by Gasteiger charge is 2.35. The molecule has 0 amide bonds. The van der Waals surface area contributed by atoms with E-state index in [0.29, 0.717) is 19.0 Å². The third-order valence-corrected chi connectivity index (χ3v) is 5.81. The molecule has 0 saturated carbocycles. The van der Waals surface area contributed by atoms with Gasteiger partial charge in [0.25, 0.3) is 0 Å². The number of esters is 1. The number of hydrogen-bond donors (Lipinski definition) is 1. The average Bonchev–Trinajstić information content (AvgIpc) is 2.46. The molecule has 2 unspecified atom stereocenters. The van der Waals surface area contributed by atoms with E-state index in [9.17, 15) is 13.2 Å². The number of nitrogens with one attached hydrogen (secondary N) is 1. The predicted molar refractivity (Wildman–Crippen MR) is 77.9 cm³/mol. The van der Waals surface area contributed by atoms with Gasteiger partial charge in [0.05, 0.1) is 7.11 Å². The Hall–Kier alpha value is -0.660. The van der Waals surface area contributed by atoms with Crippen LogP contribution in [0.4, 0.5) is 0 Å². The van der Waals surface area contributed by atoms with E-state index in [1.807, 2.05) is 6.92 Å². The van der Waals surface area contributed by atoms with Gasteiger partial charge in [0.2, 0.25) is 10.0 Å². The summed E-state index contributed by atoms with van der Waals surface area (Å²) in [5.41, 5.74) is 0. The fourth-order valence-corrected chi connectivity index (χ4v) is 4.09. The van der Waals surface area contributed by atoms with Gasteiger partial charge in [-0.1, -0.05) is 6.92 Å². The molecule has 1 fully saturated rings. The van der Waals surface area contributed by atoms with Gasteiger partial charge in [-0.2, -0.15) is 0 Å². The number of carbonyl (C=O) groups excluding carboxylic acids is 1. The van der Waals surface area contributed by atoms with Crippen LogP contribution in [-0.2, 0) is 19.6 Å². The SMILES string of the molecule is CCCN(CC1CCCNC1)S(=O)(=O)C(C)C(=O)OC. The Morgan fingerprint density at radius 3 is 2.70 bits per heavy atom. The molecule has 0 aromatic heterocycles. The molecule has 1 heterocycles.